The van der Waals surface area contributed by atoms with E-state index in [0.717, 1.165) is 55.7 Å². The summed E-state index contributed by atoms with van der Waals surface area (Å²) in [5.74, 6) is 0. The standard InChI is InChI=1S/C45H28N4O/c1-45-25-29(27-47)14-20-44(45)49(41-17-13-28(26-46)21-38(41)45)33-16-19-43-37(24-33)36-23-31(15-18-42(36)50-43)30-7-6-8-32(22-30)48-39-11-4-2-9-34(39)35-10-3-5-12-40(35)48/h2-25,44H,1H3. The molecule has 0 saturated heterocycles. The van der Waals surface area contributed by atoms with Gasteiger partial charge in [0.2, 0.25) is 0 Å². The molecule has 1 aliphatic carbocycles. The van der Waals surface area contributed by atoms with Gasteiger partial charge >= 0.3 is 0 Å². The molecule has 0 amide bonds. The summed E-state index contributed by atoms with van der Waals surface area (Å²) in [6, 6.07) is 49.2. The van der Waals surface area contributed by atoms with Crippen molar-refractivity contribution >= 4 is 55.1 Å². The molecule has 5 nitrogen and oxygen atoms in total. The lowest BCUT2D eigenvalue weighted by molar-refractivity contribution is 0.548. The predicted octanol–water partition coefficient (Wildman–Crippen LogP) is 11.0. The summed E-state index contributed by atoms with van der Waals surface area (Å²) < 4.78 is 8.73. The molecule has 1 aliphatic heterocycles. The van der Waals surface area contributed by atoms with Crippen LogP contribution in [0.2, 0.25) is 0 Å². The average molecular weight is 641 g/mol. The molecule has 2 atom stereocenters. The highest BCUT2D eigenvalue weighted by Crippen LogP contribution is 2.53. The zero-order valence-corrected chi connectivity index (χ0v) is 27.1. The van der Waals surface area contributed by atoms with Crippen LogP contribution in [-0.2, 0) is 5.41 Å². The van der Waals surface area contributed by atoms with Crippen molar-refractivity contribution in [3.8, 4) is 29.0 Å². The molecule has 8 aromatic rings. The lowest BCUT2D eigenvalue weighted by Gasteiger charge is -2.35. The molecule has 0 spiro atoms. The second kappa shape index (κ2) is 10.3. The van der Waals surface area contributed by atoms with Gasteiger partial charge < -0.3 is 13.9 Å². The van der Waals surface area contributed by atoms with Crippen LogP contribution in [-0.4, -0.2) is 10.6 Å². The van der Waals surface area contributed by atoms with Gasteiger partial charge in [-0.15, -0.1) is 0 Å². The van der Waals surface area contributed by atoms with E-state index in [1.165, 1.54) is 21.8 Å². The molecule has 0 bridgehead atoms. The molecule has 6 aromatic carbocycles. The van der Waals surface area contributed by atoms with Crippen LogP contribution in [0, 0.1) is 22.7 Å². The van der Waals surface area contributed by atoms with Gasteiger partial charge in [0.1, 0.15) is 11.2 Å². The fourth-order valence-electron chi connectivity index (χ4n) is 8.33. The second-order valence-electron chi connectivity index (χ2n) is 13.4. The summed E-state index contributed by atoms with van der Waals surface area (Å²) >= 11 is 0. The highest BCUT2D eigenvalue weighted by Gasteiger charge is 2.47. The minimum atomic E-state index is -0.468. The van der Waals surface area contributed by atoms with Crippen molar-refractivity contribution in [3.63, 3.8) is 0 Å². The Kier molecular flexibility index (Phi) is 5.83. The first-order valence-electron chi connectivity index (χ1n) is 16.7. The molecule has 2 aromatic heterocycles. The Hall–Kier alpha value is -6.82. The summed E-state index contributed by atoms with van der Waals surface area (Å²) in [4.78, 5) is 2.33. The van der Waals surface area contributed by atoms with Crippen LogP contribution in [0.15, 0.2) is 156 Å². The summed E-state index contributed by atoms with van der Waals surface area (Å²) in [5, 5.41) is 24.1. The number of rotatable bonds is 3. The zero-order chi connectivity index (χ0) is 33.6. The lowest BCUT2D eigenvalue weighted by atomic mass is 9.74. The van der Waals surface area contributed by atoms with Gasteiger partial charge in [-0.1, -0.05) is 66.7 Å². The van der Waals surface area contributed by atoms with Crippen LogP contribution >= 0.6 is 0 Å². The maximum absolute atomic E-state index is 9.76. The summed E-state index contributed by atoms with van der Waals surface area (Å²) in [5.41, 5.74) is 11.3. The highest BCUT2D eigenvalue weighted by molar-refractivity contribution is 6.10. The molecule has 5 heteroatoms. The number of anilines is 2. The summed E-state index contributed by atoms with van der Waals surface area (Å²) in [6.07, 6.45) is 6.07. The van der Waals surface area contributed by atoms with Crippen molar-refractivity contribution in [2.75, 3.05) is 4.90 Å². The first-order valence-corrected chi connectivity index (χ1v) is 16.7. The molecule has 2 aliphatic rings. The van der Waals surface area contributed by atoms with Crippen molar-refractivity contribution < 1.29 is 4.42 Å². The number of fused-ring (bicyclic) bond motifs is 9. The van der Waals surface area contributed by atoms with Crippen LogP contribution in [0.5, 0.6) is 0 Å². The van der Waals surface area contributed by atoms with E-state index < -0.39 is 5.41 Å². The number of hydrogen-bond donors (Lipinski definition) is 0. The number of benzene rings is 6. The van der Waals surface area contributed by atoms with E-state index in [-0.39, 0.29) is 6.04 Å². The Morgan fingerprint density at radius 3 is 2.12 bits per heavy atom. The van der Waals surface area contributed by atoms with E-state index in [4.69, 9.17) is 4.42 Å². The molecular formula is C45H28N4O. The average Bonchev–Trinajstić information content (AvgIpc) is 3.79. The first kappa shape index (κ1) is 28.2. The molecule has 50 heavy (non-hydrogen) atoms. The SMILES string of the molecule is CC12C=C(C#N)C=CC1N(c1ccc3oc4ccc(-c5cccc(-n6c7ccccc7c7ccccc76)c5)cc4c3c1)c1ccc(C#N)cc12. The molecule has 0 fully saturated rings. The molecule has 0 N–H and O–H groups in total. The van der Waals surface area contributed by atoms with Gasteiger partial charge in [0.05, 0.1) is 34.8 Å². The normalized spacial score (nSPS) is 17.9. The van der Waals surface area contributed by atoms with Crippen LogP contribution in [0.3, 0.4) is 0 Å². The number of hydrogen-bond acceptors (Lipinski definition) is 4. The highest BCUT2D eigenvalue weighted by atomic mass is 16.3. The van der Waals surface area contributed by atoms with E-state index >= 15 is 0 Å². The Morgan fingerprint density at radius 1 is 0.640 bits per heavy atom. The maximum Gasteiger partial charge on any atom is 0.135 e. The Balaban J connectivity index is 1.10. The van der Waals surface area contributed by atoms with Crippen LogP contribution in [0.25, 0.3) is 60.6 Å². The minimum absolute atomic E-state index is 0.0571. The Morgan fingerprint density at radius 2 is 1.36 bits per heavy atom. The molecule has 0 saturated carbocycles. The minimum Gasteiger partial charge on any atom is -0.456 e. The van der Waals surface area contributed by atoms with Crippen LogP contribution in [0.1, 0.15) is 18.1 Å². The van der Waals surface area contributed by atoms with Gasteiger partial charge in [-0.05, 0) is 102 Å². The topological polar surface area (TPSA) is 68.9 Å². The monoisotopic (exact) mass is 640 g/mol. The van der Waals surface area contributed by atoms with Crippen molar-refractivity contribution in [2.24, 2.45) is 0 Å². The number of nitrogens with zero attached hydrogens (tertiary/aromatic N) is 4. The number of nitriles is 2. The number of aromatic nitrogens is 1. The van der Waals surface area contributed by atoms with Crippen molar-refractivity contribution in [3.05, 3.63) is 162 Å². The van der Waals surface area contributed by atoms with E-state index in [9.17, 15) is 10.5 Å². The molecular weight excluding hydrogens is 613 g/mol. The van der Waals surface area contributed by atoms with Gasteiger partial charge in [0.15, 0.2) is 0 Å². The molecule has 234 valence electrons. The molecule has 0 radical (unpaired) electrons. The van der Waals surface area contributed by atoms with Gasteiger partial charge in [-0.3, -0.25) is 0 Å². The Labute approximate surface area is 288 Å². The maximum atomic E-state index is 9.76. The number of furan rings is 1. The molecule has 10 rings (SSSR count). The summed E-state index contributed by atoms with van der Waals surface area (Å²) in [7, 11) is 0. The van der Waals surface area contributed by atoms with E-state index in [2.05, 4.69) is 144 Å². The fraction of sp³-hybridized carbons (Fsp3) is 0.0667. The largest absolute Gasteiger partial charge is 0.456 e. The predicted molar refractivity (Wildman–Crippen MR) is 201 cm³/mol. The quantitative estimate of drug-likeness (QED) is 0.193. The third-order valence-electron chi connectivity index (χ3n) is 10.6. The third kappa shape index (κ3) is 3.92. The number of para-hydroxylation sites is 2. The fourth-order valence-corrected chi connectivity index (χ4v) is 8.33. The van der Waals surface area contributed by atoms with Crippen LogP contribution in [0.4, 0.5) is 11.4 Å². The lowest BCUT2D eigenvalue weighted by Crippen LogP contribution is -2.39. The smallest absolute Gasteiger partial charge is 0.135 e. The van der Waals surface area contributed by atoms with Gasteiger partial charge in [0, 0.05) is 49.6 Å². The summed E-state index contributed by atoms with van der Waals surface area (Å²) in [6.45, 7) is 2.16. The number of allylic oxidation sites excluding steroid dienone is 2. The Bertz CT molecular complexity index is 2840. The first-order chi connectivity index (χ1) is 24.5. The van der Waals surface area contributed by atoms with Crippen molar-refractivity contribution in [1.29, 1.82) is 10.5 Å². The molecule has 2 unspecified atom stereocenters. The second-order valence-corrected chi connectivity index (χ2v) is 13.4. The van der Waals surface area contributed by atoms with Crippen LogP contribution < -0.4 is 4.90 Å². The van der Waals surface area contributed by atoms with Crippen molar-refractivity contribution in [1.82, 2.24) is 4.57 Å². The molecule has 3 heterocycles. The van der Waals surface area contributed by atoms with Gasteiger partial charge in [0.25, 0.3) is 0 Å². The van der Waals surface area contributed by atoms with Crippen molar-refractivity contribution in [2.45, 2.75) is 18.4 Å². The van der Waals surface area contributed by atoms with E-state index in [0.29, 0.717) is 11.1 Å². The van der Waals surface area contributed by atoms with Gasteiger partial charge in [-0.2, -0.15) is 10.5 Å². The third-order valence-corrected chi connectivity index (χ3v) is 10.6. The van der Waals surface area contributed by atoms with E-state index in [1.54, 1.807) is 0 Å². The van der Waals surface area contributed by atoms with Gasteiger partial charge in [-0.25, -0.2) is 0 Å². The zero-order valence-electron chi connectivity index (χ0n) is 27.1. The van der Waals surface area contributed by atoms with E-state index in [1.807, 2.05) is 30.4 Å².